The standard InChI is InChI=1S/C8H4ClN2S/c9-8-3-6(1-2-10-8)7-4-12-5-11-7/h1-4H. The average molecular weight is 196 g/mol. The number of rotatable bonds is 1. The van der Waals surface area contributed by atoms with Crippen molar-refractivity contribution in [1.29, 1.82) is 0 Å². The molecule has 0 aromatic carbocycles. The maximum Gasteiger partial charge on any atom is 0.152 e. The number of halogens is 1. The van der Waals surface area contributed by atoms with Gasteiger partial charge in [-0.15, -0.1) is 11.3 Å². The van der Waals surface area contributed by atoms with E-state index in [1.54, 1.807) is 12.3 Å². The summed E-state index contributed by atoms with van der Waals surface area (Å²) in [6, 6.07) is 3.65. The Balaban J connectivity index is 2.48. The molecule has 2 rings (SSSR count). The Hall–Kier alpha value is -0.930. The molecule has 59 valence electrons. The Bertz CT molecular complexity index is 372. The topological polar surface area (TPSA) is 25.8 Å². The molecule has 2 aromatic heterocycles. The summed E-state index contributed by atoms with van der Waals surface area (Å²) in [4.78, 5) is 7.92. The van der Waals surface area contributed by atoms with Crippen molar-refractivity contribution < 1.29 is 0 Å². The summed E-state index contributed by atoms with van der Waals surface area (Å²) in [6.07, 6.45) is 1.66. The molecule has 0 N–H and O–H groups in total. The van der Waals surface area contributed by atoms with Crippen LogP contribution in [0, 0.1) is 5.51 Å². The molecule has 0 saturated heterocycles. The van der Waals surface area contributed by atoms with E-state index in [0.29, 0.717) is 5.15 Å². The summed E-state index contributed by atoms with van der Waals surface area (Å²) in [5, 5.41) is 2.41. The summed E-state index contributed by atoms with van der Waals surface area (Å²) in [5.41, 5.74) is 4.65. The minimum atomic E-state index is 0.487. The van der Waals surface area contributed by atoms with E-state index in [-0.39, 0.29) is 0 Å². The molecule has 0 unspecified atom stereocenters. The second kappa shape index (κ2) is 3.21. The average Bonchev–Trinajstić information content (AvgIpc) is 2.56. The predicted octanol–water partition coefficient (Wildman–Crippen LogP) is 2.66. The summed E-state index contributed by atoms with van der Waals surface area (Å²) >= 11 is 7.16. The van der Waals surface area contributed by atoms with Crippen LogP contribution in [0.2, 0.25) is 5.15 Å². The zero-order valence-corrected chi connectivity index (χ0v) is 7.56. The van der Waals surface area contributed by atoms with Crippen LogP contribution in [0.25, 0.3) is 11.3 Å². The van der Waals surface area contributed by atoms with Gasteiger partial charge in [0, 0.05) is 17.1 Å². The Morgan fingerprint density at radius 3 is 3.08 bits per heavy atom. The highest BCUT2D eigenvalue weighted by atomic mass is 35.5. The molecule has 2 nitrogen and oxygen atoms in total. The number of hydrogen-bond acceptors (Lipinski definition) is 3. The smallest absolute Gasteiger partial charge is 0.152 e. The van der Waals surface area contributed by atoms with Gasteiger partial charge >= 0.3 is 0 Å². The minimum Gasteiger partial charge on any atom is -0.245 e. The van der Waals surface area contributed by atoms with Gasteiger partial charge in [0.1, 0.15) is 5.15 Å². The van der Waals surface area contributed by atoms with E-state index in [4.69, 9.17) is 11.6 Å². The SMILES string of the molecule is Clc1cc(-c2cs[c]n2)ccn1. The van der Waals surface area contributed by atoms with Gasteiger partial charge in [-0.2, -0.15) is 0 Å². The van der Waals surface area contributed by atoms with Gasteiger partial charge in [-0.25, -0.2) is 9.97 Å². The first-order valence-electron chi connectivity index (χ1n) is 3.30. The molecular formula is C8H4ClN2S. The van der Waals surface area contributed by atoms with Gasteiger partial charge in [0.05, 0.1) is 5.69 Å². The quantitative estimate of drug-likeness (QED) is 0.654. The van der Waals surface area contributed by atoms with Gasteiger partial charge in [-0.05, 0) is 12.1 Å². The van der Waals surface area contributed by atoms with Gasteiger partial charge in [0.15, 0.2) is 5.51 Å². The first kappa shape index (κ1) is 7.71. The Morgan fingerprint density at radius 1 is 1.50 bits per heavy atom. The highest BCUT2D eigenvalue weighted by Gasteiger charge is 1.99. The minimum absolute atomic E-state index is 0.487. The molecule has 0 spiro atoms. The second-order valence-electron chi connectivity index (χ2n) is 2.19. The van der Waals surface area contributed by atoms with Crippen LogP contribution in [-0.4, -0.2) is 9.97 Å². The third-order valence-electron chi connectivity index (χ3n) is 1.41. The van der Waals surface area contributed by atoms with Crippen molar-refractivity contribution in [1.82, 2.24) is 9.97 Å². The lowest BCUT2D eigenvalue weighted by atomic mass is 10.2. The van der Waals surface area contributed by atoms with Gasteiger partial charge < -0.3 is 0 Å². The van der Waals surface area contributed by atoms with Crippen molar-refractivity contribution in [3.8, 4) is 11.3 Å². The van der Waals surface area contributed by atoms with Crippen LogP contribution < -0.4 is 0 Å². The highest BCUT2D eigenvalue weighted by molar-refractivity contribution is 7.07. The lowest BCUT2D eigenvalue weighted by Crippen LogP contribution is -1.78. The first-order chi connectivity index (χ1) is 5.86. The molecule has 0 saturated carbocycles. The van der Waals surface area contributed by atoms with E-state index in [1.165, 1.54) is 11.3 Å². The zero-order chi connectivity index (χ0) is 8.39. The fourth-order valence-electron chi connectivity index (χ4n) is 0.878. The second-order valence-corrected chi connectivity index (χ2v) is 3.23. The highest BCUT2D eigenvalue weighted by Crippen LogP contribution is 2.20. The third-order valence-corrected chi connectivity index (χ3v) is 2.16. The van der Waals surface area contributed by atoms with E-state index in [9.17, 15) is 0 Å². The van der Waals surface area contributed by atoms with E-state index >= 15 is 0 Å². The molecule has 0 aliphatic heterocycles. The molecule has 0 amide bonds. The fraction of sp³-hybridized carbons (Fsp3) is 0. The Labute approximate surface area is 78.9 Å². The van der Waals surface area contributed by atoms with Gasteiger partial charge in [0.2, 0.25) is 0 Å². The zero-order valence-electron chi connectivity index (χ0n) is 5.99. The molecule has 1 radical (unpaired) electrons. The number of thiazole rings is 1. The number of pyridine rings is 1. The molecule has 4 heteroatoms. The normalized spacial score (nSPS) is 10.1. The lowest BCUT2D eigenvalue weighted by molar-refractivity contribution is 1.31. The van der Waals surface area contributed by atoms with Gasteiger partial charge in [0.25, 0.3) is 0 Å². The van der Waals surface area contributed by atoms with Crippen molar-refractivity contribution in [2.45, 2.75) is 0 Å². The number of nitrogens with zero attached hydrogens (tertiary/aromatic N) is 2. The third kappa shape index (κ3) is 1.47. The van der Waals surface area contributed by atoms with Crippen LogP contribution in [-0.2, 0) is 0 Å². The lowest BCUT2D eigenvalue weighted by Gasteiger charge is -1.94. The molecule has 0 aliphatic rings. The molecule has 0 fully saturated rings. The van der Waals surface area contributed by atoms with Crippen molar-refractivity contribution >= 4 is 22.9 Å². The summed E-state index contributed by atoms with van der Waals surface area (Å²) in [6.45, 7) is 0. The van der Waals surface area contributed by atoms with Crippen molar-refractivity contribution in [2.75, 3.05) is 0 Å². The number of aromatic nitrogens is 2. The molecule has 2 aromatic rings. The van der Waals surface area contributed by atoms with Gasteiger partial charge in [-0.3, -0.25) is 0 Å². The van der Waals surface area contributed by atoms with E-state index in [1.807, 2.05) is 11.4 Å². The largest absolute Gasteiger partial charge is 0.245 e. The first-order valence-corrected chi connectivity index (χ1v) is 4.55. The van der Waals surface area contributed by atoms with Crippen LogP contribution in [0.3, 0.4) is 0 Å². The summed E-state index contributed by atoms with van der Waals surface area (Å²) < 4.78 is 0. The molecule has 12 heavy (non-hydrogen) atoms. The van der Waals surface area contributed by atoms with Crippen molar-refractivity contribution in [2.24, 2.45) is 0 Å². The van der Waals surface area contributed by atoms with Crippen LogP contribution in [0.1, 0.15) is 0 Å². The molecule has 0 atom stereocenters. The predicted molar refractivity (Wildman–Crippen MR) is 49.2 cm³/mol. The fourth-order valence-corrected chi connectivity index (χ4v) is 1.56. The van der Waals surface area contributed by atoms with Crippen LogP contribution >= 0.6 is 22.9 Å². The maximum atomic E-state index is 5.72. The van der Waals surface area contributed by atoms with Crippen LogP contribution in [0.5, 0.6) is 0 Å². The number of hydrogen-bond donors (Lipinski definition) is 0. The molecule has 0 aliphatic carbocycles. The molecule has 0 bridgehead atoms. The van der Waals surface area contributed by atoms with Crippen molar-refractivity contribution in [3.05, 3.63) is 34.4 Å². The van der Waals surface area contributed by atoms with E-state index in [2.05, 4.69) is 15.5 Å². The van der Waals surface area contributed by atoms with Crippen LogP contribution in [0.4, 0.5) is 0 Å². The summed E-state index contributed by atoms with van der Waals surface area (Å²) in [5.74, 6) is 0. The summed E-state index contributed by atoms with van der Waals surface area (Å²) in [7, 11) is 0. The molecule has 2 heterocycles. The Morgan fingerprint density at radius 2 is 2.42 bits per heavy atom. The van der Waals surface area contributed by atoms with E-state index in [0.717, 1.165) is 11.3 Å². The van der Waals surface area contributed by atoms with E-state index < -0.39 is 0 Å². The van der Waals surface area contributed by atoms with Gasteiger partial charge in [-0.1, -0.05) is 11.6 Å². The van der Waals surface area contributed by atoms with Crippen LogP contribution in [0.15, 0.2) is 23.7 Å². The molecular weight excluding hydrogens is 192 g/mol. The monoisotopic (exact) mass is 195 g/mol. The maximum absolute atomic E-state index is 5.72. The van der Waals surface area contributed by atoms with Crippen molar-refractivity contribution in [3.63, 3.8) is 0 Å². The Kier molecular flexibility index (Phi) is 2.06.